The van der Waals surface area contributed by atoms with Crippen molar-refractivity contribution >= 4 is 17.5 Å². The molecule has 1 saturated carbocycles. The largest absolute Gasteiger partial charge is 0.381 e. The van der Waals surface area contributed by atoms with Crippen molar-refractivity contribution in [1.82, 2.24) is 29.9 Å². The van der Waals surface area contributed by atoms with Gasteiger partial charge in [0.2, 0.25) is 0 Å². The molecule has 3 aromatic heterocycles. The molecule has 0 spiro atoms. The molecule has 6 rings (SSSR count). The van der Waals surface area contributed by atoms with Crippen LogP contribution in [0.2, 0.25) is 0 Å². The van der Waals surface area contributed by atoms with E-state index in [1.54, 1.807) is 21.8 Å². The molecule has 3 N–H and O–H groups in total. The number of nitrogens with zero attached hydrogens (tertiary/aromatic N) is 5. The van der Waals surface area contributed by atoms with Crippen LogP contribution in [0.5, 0.6) is 0 Å². The molecule has 0 saturated heterocycles. The van der Waals surface area contributed by atoms with E-state index in [1.807, 2.05) is 74.9 Å². The number of aromatic nitrogens is 5. The molecular weight excluding hydrogens is 500 g/mol. The van der Waals surface area contributed by atoms with E-state index in [-0.39, 0.29) is 24.0 Å². The van der Waals surface area contributed by atoms with Crippen molar-refractivity contribution in [1.29, 1.82) is 0 Å². The van der Waals surface area contributed by atoms with E-state index in [4.69, 9.17) is 5.10 Å². The molecule has 2 amide bonds. The van der Waals surface area contributed by atoms with Gasteiger partial charge in [-0.15, -0.1) is 0 Å². The number of amides is 2. The summed E-state index contributed by atoms with van der Waals surface area (Å²) in [6, 6.07) is 24.0. The summed E-state index contributed by atoms with van der Waals surface area (Å²) in [5, 5.41) is 19.2. The number of para-hydroxylation sites is 1. The summed E-state index contributed by atoms with van der Waals surface area (Å²) in [6.07, 6.45) is 9.00. The molecule has 1 aliphatic rings. The number of benzene rings is 2. The van der Waals surface area contributed by atoms with Crippen molar-refractivity contribution < 1.29 is 4.79 Å². The second kappa shape index (κ2) is 11.1. The number of anilines is 2. The van der Waals surface area contributed by atoms with Crippen LogP contribution in [0.4, 0.5) is 16.3 Å². The number of urea groups is 1. The van der Waals surface area contributed by atoms with Crippen molar-refractivity contribution in [3.8, 4) is 16.9 Å². The number of pyridine rings is 1. The van der Waals surface area contributed by atoms with Gasteiger partial charge in [-0.1, -0.05) is 48.5 Å². The van der Waals surface area contributed by atoms with Crippen LogP contribution in [0.3, 0.4) is 0 Å². The van der Waals surface area contributed by atoms with Crippen LogP contribution in [0.15, 0.2) is 97.6 Å². The van der Waals surface area contributed by atoms with Gasteiger partial charge in [-0.05, 0) is 49.6 Å². The zero-order valence-corrected chi connectivity index (χ0v) is 22.5. The first-order valence-electron chi connectivity index (χ1n) is 13.5. The summed E-state index contributed by atoms with van der Waals surface area (Å²) in [5.41, 5.74) is 5.59. The van der Waals surface area contributed by atoms with Crippen LogP contribution in [0.1, 0.15) is 29.9 Å². The SMILES string of the molecule is Cc1c(-c2cnn(C)c2)nn(-c2ccccc2)c1NC(=O)N[C@@H]1C[C@@H](Nc2cccnc2)C[C@H]1c1ccccc1. The quantitative estimate of drug-likeness (QED) is 0.256. The maximum Gasteiger partial charge on any atom is 0.320 e. The molecule has 40 heavy (non-hydrogen) atoms. The fourth-order valence-electron chi connectivity index (χ4n) is 5.60. The minimum absolute atomic E-state index is 0.0530. The molecule has 0 aliphatic heterocycles. The van der Waals surface area contributed by atoms with Crippen LogP contribution in [0.25, 0.3) is 16.9 Å². The average molecular weight is 533 g/mol. The third-order valence-electron chi connectivity index (χ3n) is 7.47. The predicted octanol–water partition coefficient (Wildman–Crippen LogP) is 5.52. The smallest absolute Gasteiger partial charge is 0.320 e. The Hall–Kier alpha value is -4.92. The number of hydrogen-bond acceptors (Lipinski definition) is 5. The van der Waals surface area contributed by atoms with Crippen LogP contribution in [-0.2, 0) is 7.05 Å². The lowest BCUT2D eigenvalue weighted by molar-refractivity contribution is 0.247. The zero-order valence-electron chi connectivity index (χ0n) is 22.5. The zero-order chi connectivity index (χ0) is 27.5. The number of carbonyl (C=O) groups excluding carboxylic acids is 1. The lowest BCUT2D eigenvalue weighted by Gasteiger charge is -2.21. The summed E-state index contributed by atoms with van der Waals surface area (Å²) >= 11 is 0. The van der Waals surface area contributed by atoms with Crippen molar-refractivity contribution in [3.63, 3.8) is 0 Å². The van der Waals surface area contributed by atoms with E-state index >= 15 is 0 Å². The molecule has 1 aliphatic carbocycles. The highest BCUT2D eigenvalue weighted by molar-refractivity contribution is 5.91. The van der Waals surface area contributed by atoms with E-state index in [2.05, 4.69) is 50.3 Å². The molecule has 2 aromatic carbocycles. The Balaban J connectivity index is 1.26. The second-order valence-electron chi connectivity index (χ2n) is 10.2. The summed E-state index contributed by atoms with van der Waals surface area (Å²) in [6.45, 7) is 1.97. The van der Waals surface area contributed by atoms with Crippen molar-refractivity contribution in [3.05, 3.63) is 109 Å². The van der Waals surface area contributed by atoms with E-state index < -0.39 is 0 Å². The van der Waals surface area contributed by atoms with Crippen molar-refractivity contribution in [2.24, 2.45) is 7.05 Å². The van der Waals surface area contributed by atoms with Gasteiger partial charge in [0.1, 0.15) is 11.5 Å². The number of rotatable bonds is 7. The van der Waals surface area contributed by atoms with Gasteiger partial charge in [-0.25, -0.2) is 9.48 Å². The minimum Gasteiger partial charge on any atom is -0.381 e. The van der Waals surface area contributed by atoms with Gasteiger partial charge in [0.05, 0.1) is 17.6 Å². The molecule has 9 nitrogen and oxygen atoms in total. The van der Waals surface area contributed by atoms with Crippen LogP contribution in [-0.4, -0.2) is 42.7 Å². The molecule has 0 unspecified atom stereocenters. The lowest BCUT2D eigenvalue weighted by Crippen LogP contribution is -2.40. The molecule has 3 atom stereocenters. The number of nitrogens with one attached hydrogen (secondary N) is 3. The summed E-state index contributed by atoms with van der Waals surface area (Å²) in [7, 11) is 1.88. The predicted molar refractivity (Wildman–Crippen MR) is 157 cm³/mol. The average Bonchev–Trinajstić information content (AvgIpc) is 3.67. The number of aryl methyl sites for hydroxylation is 1. The van der Waals surface area contributed by atoms with E-state index in [0.717, 1.165) is 41.0 Å². The third kappa shape index (κ3) is 5.31. The van der Waals surface area contributed by atoms with Crippen molar-refractivity contribution in [2.75, 3.05) is 10.6 Å². The van der Waals surface area contributed by atoms with E-state index in [1.165, 1.54) is 5.56 Å². The Kier molecular flexibility index (Phi) is 7.01. The lowest BCUT2D eigenvalue weighted by atomic mass is 9.94. The first-order valence-corrected chi connectivity index (χ1v) is 13.5. The standard InChI is InChI=1S/C31H32N8O/c1-21-29(23-18-33-38(2)20-23)37-39(26-13-7-4-8-14-26)30(21)36-31(40)35-28-17-25(34-24-12-9-15-32-19-24)16-27(28)22-10-5-3-6-11-22/h3-15,18-20,25,27-28,34H,16-17H2,1-2H3,(H2,35,36,40)/t25-,27-,28+/m0/s1. The topological polar surface area (TPSA) is 102 Å². The Bertz CT molecular complexity index is 1580. The Morgan fingerprint density at radius 3 is 2.42 bits per heavy atom. The monoisotopic (exact) mass is 532 g/mol. The third-order valence-corrected chi connectivity index (χ3v) is 7.47. The Labute approximate surface area is 233 Å². The summed E-state index contributed by atoms with van der Waals surface area (Å²) < 4.78 is 3.53. The molecule has 1 fully saturated rings. The first kappa shape index (κ1) is 25.4. The summed E-state index contributed by atoms with van der Waals surface area (Å²) in [4.78, 5) is 17.8. The van der Waals surface area contributed by atoms with Gasteiger partial charge < -0.3 is 10.6 Å². The van der Waals surface area contributed by atoms with Gasteiger partial charge in [0.25, 0.3) is 0 Å². The van der Waals surface area contributed by atoms with Gasteiger partial charge in [0, 0.05) is 54.8 Å². The van der Waals surface area contributed by atoms with Gasteiger partial charge >= 0.3 is 6.03 Å². The molecule has 0 bridgehead atoms. The molecule has 0 radical (unpaired) electrons. The normalized spacial score (nSPS) is 18.4. The van der Waals surface area contributed by atoms with Gasteiger partial charge in [-0.2, -0.15) is 10.2 Å². The highest BCUT2D eigenvalue weighted by Gasteiger charge is 2.36. The summed E-state index contributed by atoms with van der Waals surface area (Å²) in [5.74, 6) is 0.800. The molecule has 3 heterocycles. The fourth-order valence-corrected chi connectivity index (χ4v) is 5.60. The van der Waals surface area contributed by atoms with Crippen LogP contribution >= 0.6 is 0 Å². The fraction of sp³-hybridized carbons (Fsp3) is 0.226. The van der Waals surface area contributed by atoms with E-state index in [9.17, 15) is 4.79 Å². The van der Waals surface area contributed by atoms with E-state index in [0.29, 0.717) is 5.82 Å². The maximum atomic E-state index is 13.6. The highest BCUT2D eigenvalue weighted by Crippen LogP contribution is 2.37. The second-order valence-corrected chi connectivity index (χ2v) is 10.2. The Morgan fingerprint density at radius 2 is 1.73 bits per heavy atom. The van der Waals surface area contributed by atoms with Crippen LogP contribution in [0, 0.1) is 6.92 Å². The molecular formula is C31H32N8O. The molecule has 5 aromatic rings. The Morgan fingerprint density at radius 1 is 0.950 bits per heavy atom. The number of hydrogen-bond donors (Lipinski definition) is 3. The maximum absolute atomic E-state index is 13.6. The molecule has 9 heteroatoms. The number of carbonyl (C=O) groups is 1. The minimum atomic E-state index is -0.258. The van der Waals surface area contributed by atoms with Gasteiger partial charge in [0.15, 0.2) is 0 Å². The highest BCUT2D eigenvalue weighted by atomic mass is 16.2. The van der Waals surface area contributed by atoms with Crippen molar-refractivity contribution in [2.45, 2.75) is 37.8 Å². The molecule has 202 valence electrons. The first-order chi connectivity index (χ1) is 19.5. The van der Waals surface area contributed by atoms with Crippen LogP contribution < -0.4 is 16.0 Å². The van der Waals surface area contributed by atoms with Gasteiger partial charge in [-0.3, -0.25) is 15.0 Å².